The summed E-state index contributed by atoms with van der Waals surface area (Å²) in [4.78, 5) is 22.5. The third-order valence-corrected chi connectivity index (χ3v) is 5.43. The second kappa shape index (κ2) is 8.19. The summed E-state index contributed by atoms with van der Waals surface area (Å²) in [6.07, 6.45) is 1.39. The van der Waals surface area contributed by atoms with Gasteiger partial charge < -0.3 is 19.1 Å². The van der Waals surface area contributed by atoms with Gasteiger partial charge in [0.25, 0.3) is 0 Å². The SMILES string of the molecule is Cc1ccc(Oc2c(F)cc(COc3cc4n(c(=O)n3)C[C@H]3COCCN43)cc2F)cn1. The molecule has 2 aromatic heterocycles. The molecule has 32 heavy (non-hydrogen) atoms. The van der Waals surface area contributed by atoms with Gasteiger partial charge in [-0.1, -0.05) is 0 Å². The fourth-order valence-corrected chi connectivity index (χ4v) is 3.86. The van der Waals surface area contributed by atoms with Crippen molar-refractivity contribution in [2.45, 2.75) is 26.1 Å². The molecule has 10 heteroatoms. The van der Waals surface area contributed by atoms with Crippen LogP contribution in [0.15, 0.2) is 41.3 Å². The summed E-state index contributed by atoms with van der Waals surface area (Å²) in [5, 5.41) is 0. The summed E-state index contributed by atoms with van der Waals surface area (Å²) in [5.74, 6) is -1.24. The molecular weight excluding hydrogens is 422 g/mol. The predicted molar refractivity (Wildman–Crippen MR) is 110 cm³/mol. The van der Waals surface area contributed by atoms with Crippen molar-refractivity contribution in [1.82, 2.24) is 14.5 Å². The van der Waals surface area contributed by atoms with Gasteiger partial charge in [-0.15, -0.1) is 0 Å². The van der Waals surface area contributed by atoms with E-state index in [-0.39, 0.29) is 29.8 Å². The molecule has 8 nitrogen and oxygen atoms in total. The number of aryl methyl sites for hydroxylation is 1. The van der Waals surface area contributed by atoms with Crippen LogP contribution in [-0.2, 0) is 17.9 Å². The Kier molecular flexibility index (Phi) is 5.22. The van der Waals surface area contributed by atoms with Crippen LogP contribution in [0.2, 0.25) is 0 Å². The van der Waals surface area contributed by atoms with Crippen molar-refractivity contribution >= 4 is 5.82 Å². The van der Waals surface area contributed by atoms with E-state index >= 15 is 0 Å². The van der Waals surface area contributed by atoms with Gasteiger partial charge in [0.1, 0.15) is 18.2 Å². The van der Waals surface area contributed by atoms with Crippen LogP contribution in [0.4, 0.5) is 14.6 Å². The van der Waals surface area contributed by atoms with Gasteiger partial charge in [-0.3, -0.25) is 9.55 Å². The Morgan fingerprint density at radius 2 is 2.03 bits per heavy atom. The number of rotatable bonds is 5. The molecule has 0 bridgehead atoms. The number of benzene rings is 1. The quantitative estimate of drug-likeness (QED) is 0.601. The highest BCUT2D eigenvalue weighted by Gasteiger charge is 2.33. The van der Waals surface area contributed by atoms with Crippen molar-refractivity contribution in [3.8, 4) is 17.4 Å². The van der Waals surface area contributed by atoms with Crippen LogP contribution in [0, 0.1) is 18.6 Å². The lowest BCUT2D eigenvalue weighted by molar-refractivity contribution is 0.0956. The molecule has 166 valence electrons. The number of morpholine rings is 1. The van der Waals surface area contributed by atoms with Crippen molar-refractivity contribution in [2.75, 3.05) is 24.7 Å². The summed E-state index contributed by atoms with van der Waals surface area (Å²) in [6, 6.07) is 7.26. The minimum absolute atomic E-state index is 0.0907. The lowest BCUT2D eigenvalue weighted by Gasteiger charge is -2.30. The summed E-state index contributed by atoms with van der Waals surface area (Å²) >= 11 is 0. The van der Waals surface area contributed by atoms with E-state index in [1.54, 1.807) is 29.7 Å². The van der Waals surface area contributed by atoms with Gasteiger partial charge in [0.15, 0.2) is 17.4 Å². The van der Waals surface area contributed by atoms with Gasteiger partial charge >= 0.3 is 5.69 Å². The minimum atomic E-state index is -0.873. The Bertz CT molecular complexity index is 1190. The number of fused-ring (bicyclic) bond motifs is 3. The lowest BCUT2D eigenvalue weighted by atomic mass is 10.2. The Morgan fingerprint density at radius 3 is 2.78 bits per heavy atom. The third kappa shape index (κ3) is 3.89. The van der Waals surface area contributed by atoms with Crippen molar-refractivity contribution in [3.05, 3.63) is 69.9 Å². The van der Waals surface area contributed by atoms with Crippen LogP contribution in [-0.4, -0.2) is 40.3 Å². The van der Waals surface area contributed by atoms with Crippen LogP contribution in [0.3, 0.4) is 0 Å². The van der Waals surface area contributed by atoms with Crippen molar-refractivity contribution < 1.29 is 23.0 Å². The Labute approximate surface area is 182 Å². The van der Waals surface area contributed by atoms with E-state index in [1.165, 1.54) is 6.20 Å². The molecule has 0 amide bonds. The van der Waals surface area contributed by atoms with Crippen LogP contribution >= 0.6 is 0 Å². The number of halogens is 2. The zero-order chi connectivity index (χ0) is 22.2. The highest BCUT2D eigenvalue weighted by molar-refractivity contribution is 5.47. The molecule has 1 fully saturated rings. The van der Waals surface area contributed by atoms with Gasteiger partial charge in [-0.25, -0.2) is 13.6 Å². The zero-order valence-electron chi connectivity index (χ0n) is 17.3. The fourth-order valence-electron chi connectivity index (χ4n) is 3.86. The maximum atomic E-state index is 14.5. The molecule has 4 heterocycles. The first kappa shape index (κ1) is 20.4. The molecular formula is C22H20F2N4O4. The molecule has 3 aromatic rings. The summed E-state index contributed by atoms with van der Waals surface area (Å²) in [7, 11) is 0. The summed E-state index contributed by atoms with van der Waals surface area (Å²) in [6.45, 7) is 3.93. The van der Waals surface area contributed by atoms with Gasteiger partial charge in [0.05, 0.1) is 32.0 Å². The van der Waals surface area contributed by atoms with E-state index in [4.69, 9.17) is 14.2 Å². The molecule has 0 radical (unpaired) electrons. The van der Waals surface area contributed by atoms with Gasteiger partial charge in [-0.2, -0.15) is 4.98 Å². The molecule has 2 aliphatic rings. The Balaban J connectivity index is 1.32. The first-order valence-corrected chi connectivity index (χ1v) is 10.2. The number of ether oxygens (including phenoxy) is 3. The largest absolute Gasteiger partial charge is 0.473 e. The first-order chi connectivity index (χ1) is 15.5. The van der Waals surface area contributed by atoms with Crippen molar-refractivity contribution in [1.29, 1.82) is 0 Å². The van der Waals surface area contributed by atoms with Crippen molar-refractivity contribution in [2.24, 2.45) is 0 Å². The normalized spacial score (nSPS) is 17.1. The number of pyridine rings is 1. The van der Waals surface area contributed by atoms with E-state index < -0.39 is 23.1 Å². The second-order valence-electron chi connectivity index (χ2n) is 7.68. The number of hydrogen-bond acceptors (Lipinski definition) is 7. The number of aromatic nitrogens is 3. The maximum absolute atomic E-state index is 14.5. The number of nitrogens with zero attached hydrogens (tertiary/aromatic N) is 4. The molecule has 0 spiro atoms. The Morgan fingerprint density at radius 1 is 1.22 bits per heavy atom. The highest BCUT2D eigenvalue weighted by atomic mass is 19.1. The molecule has 2 aliphatic heterocycles. The maximum Gasteiger partial charge on any atom is 0.352 e. The molecule has 0 unspecified atom stereocenters. The summed E-state index contributed by atoms with van der Waals surface area (Å²) < 4.78 is 47.0. The first-order valence-electron chi connectivity index (χ1n) is 10.2. The second-order valence-corrected chi connectivity index (χ2v) is 7.68. The topological polar surface area (TPSA) is 78.7 Å². The lowest BCUT2D eigenvalue weighted by Crippen LogP contribution is -2.43. The Hall–Kier alpha value is -3.53. The number of hydrogen-bond donors (Lipinski definition) is 0. The average molecular weight is 442 g/mol. The molecule has 1 aromatic carbocycles. The smallest absolute Gasteiger partial charge is 0.352 e. The van der Waals surface area contributed by atoms with E-state index in [1.807, 2.05) is 0 Å². The monoisotopic (exact) mass is 442 g/mol. The van der Waals surface area contributed by atoms with Crippen LogP contribution in [0.1, 0.15) is 11.3 Å². The predicted octanol–water partition coefficient (Wildman–Crippen LogP) is 2.82. The van der Waals surface area contributed by atoms with E-state index in [0.29, 0.717) is 32.1 Å². The standard InChI is InChI=1S/C22H20F2N4O4/c1-13-2-3-16(9-25-13)32-21-17(23)6-14(7-18(21)24)11-31-19-8-20-27-4-5-30-12-15(27)10-28(20)22(29)26-19/h2-3,6-9,15H,4-5,10-12H2,1H3/t15-/m0/s1. The minimum Gasteiger partial charge on any atom is -0.473 e. The molecule has 0 N–H and O–H groups in total. The molecule has 5 rings (SSSR count). The van der Waals surface area contributed by atoms with E-state index in [9.17, 15) is 13.6 Å². The highest BCUT2D eigenvalue weighted by Crippen LogP contribution is 2.30. The average Bonchev–Trinajstić information content (AvgIpc) is 3.16. The van der Waals surface area contributed by atoms with E-state index in [0.717, 1.165) is 17.8 Å². The molecule has 0 aliphatic carbocycles. The molecule has 0 saturated carbocycles. The zero-order valence-corrected chi connectivity index (χ0v) is 17.3. The summed E-state index contributed by atoms with van der Waals surface area (Å²) in [5.41, 5.74) is 0.565. The van der Waals surface area contributed by atoms with Gasteiger partial charge in [0, 0.05) is 18.3 Å². The van der Waals surface area contributed by atoms with Crippen LogP contribution in [0.5, 0.6) is 17.4 Å². The van der Waals surface area contributed by atoms with E-state index in [2.05, 4.69) is 14.9 Å². The molecule has 1 saturated heterocycles. The van der Waals surface area contributed by atoms with Crippen LogP contribution in [0.25, 0.3) is 0 Å². The third-order valence-electron chi connectivity index (χ3n) is 5.43. The molecule has 1 atom stereocenters. The van der Waals surface area contributed by atoms with Gasteiger partial charge in [0.2, 0.25) is 5.88 Å². The van der Waals surface area contributed by atoms with Crippen LogP contribution < -0.4 is 20.1 Å². The fraction of sp³-hybridized carbons (Fsp3) is 0.318. The number of anilines is 1. The van der Waals surface area contributed by atoms with Gasteiger partial charge in [-0.05, 0) is 36.8 Å². The van der Waals surface area contributed by atoms with Crippen molar-refractivity contribution in [3.63, 3.8) is 0 Å².